The molecule has 0 bridgehead atoms. The lowest BCUT2D eigenvalue weighted by Crippen LogP contribution is -2.25. The molecule has 0 aliphatic carbocycles. The monoisotopic (exact) mass is 434 g/mol. The second-order valence-corrected chi connectivity index (χ2v) is 10.2. The molecule has 0 aliphatic rings. The standard InChI is InChI=1S/C8H8BrClN4O4S3/c1-14-8(7(9)12-13-14)21(17,18)11-4-5-2-3-6(19-5)20(10,15)16/h2-3,11H,4H2,1H3. The SMILES string of the molecule is Cn1nnc(Br)c1S(=O)(=O)NCc1ccc(S(=O)(=O)Cl)s1. The van der Waals surface area contributed by atoms with Crippen LogP contribution in [0.1, 0.15) is 4.88 Å². The van der Waals surface area contributed by atoms with Crippen molar-refractivity contribution in [3.63, 3.8) is 0 Å². The summed E-state index contributed by atoms with van der Waals surface area (Å²) in [4.78, 5) is 0.504. The van der Waals surface area contributed by atoms with E-state index in [1.54, 1.807) is 0 Å². The molecule has 0 aromatic carbocycles. The molecular formula is C8H8BrClN4O4S3. The number of nitrogens with one attached hydrogen (secondary N) is 1. The Kier molecular flexibility index (Phi) is 4.75. The molecule has 13 heteroatoms. The van der Waals surface area contributed by atoms with Crippen molar-refractivity contribution in [3.8, 4) is 0 Å². The van der Waals surface area contributed by atoms with Crippen LogP contribution in [0.3, 0.4) is 0 Å². The Bertz CT molecular complexity index is 854. The summed E-state index contributed by atoms with van der Waals surface area (Å²) in [5, 5.41) is 7.05. The van der Waals surface area contributed by atoms with Gasteiger partial charge in [-0.3, -0.25) is 0 Å². The fourth-order valence-electron chi connectivity index (χ4n) is 1.43. The normalized spacial score (nSPS) is 12.7. The molecular weight excluding hydrogens is 428 g/mol. The molecule has 0 aliphatic heterocycles. The molecule has 0 saturated heterocycles. The Morgan fingerprint density at radius 1 is 1.38 bits per heavy atom. The van der Waals surface area contributed by atoms with Crippen molar-refractivity contribution in [1.29, 1.82) is 0 Å². The second kappa shape index (κ2) is 5.93. The van der Waals surface area contributed by atoms with E-state index in [9.17, 15) is 16.8 Å². The van der Waals surface area contributed by atoms with E-state index in [0.717, 1.165) is 16.0 Å². The van der Waals surface area contributed by atoms with Crippen molar-refractivity contribution in [1.82, 2.24) is 19.7 Å². The third-order valence-corrected chi connectivity index (χ3v) is 7.77. The van der Waals surface area contributed by atoms with Gasteiger partial charge in [0.1, 0.15) is 4.21 Å². The molecule has 2 rings (SSSR count). The largest absolute Gasteiger partial charge is 0.270 e. The molecule has 2 aromatic rings. The minimum absolute atomic E-state index is 0.0401. The zero-order valence-electron chi connectivity index (χ0n) is 10.3. The average Bonchev–Trinajstić information content (AvgIpc) is 2.93. The Hall–Kier alpha value is -0.530. The van der Waals surface area contributed by atoms with Crippen LogP contribution in [0, 0.1) is 0 Å². The maximum atomic E-state index is 12.1. The van der Waals surface area contributed by atoms with Gasteiger partial charge in [-0.2, -0.15) is 0 Å². The van der Waals surface area contributed by atoms with E-state index in [1.807, 2.05) is 0 Å². The number of hydrogen-bond donors (Lipinski definition) is 1. The van der Waals surface area contributed by atoms with Gasteiger partial charge in [-0.05, 0) is 28.1 Å². The number of sulfonamides is 1. The topological polar surface area (TPSA) is 111 Å². The molecule has 0 saturated carbocycles. The van der Waals surface area contributed by atoms with Crippen molar-refractivity contribution in [2.24, 2.45) is 7.05 Å². The maximum Gasteiger partial charge on any atom is 0.270 e. The first kappa shape index (κ1) is 16.8. The van der Waals surface area contributed by atoms with E-state index >= 15 is 0 Å². The number of aryl methyl sites for hydroxylation is 1. The lowest BCUT2D eigenvalue weighted by atomic mass is 10.5. The molecule has 2 aromatic heterocycles. The number of thiophene rings is 1. The first-order chi connectivity index (χ1) is 9.61. The Morgan fingerprint density at radius 2 is 2.05 bits per heavy atom. The molecule has 0 spiro atoms. The maximum absolute atomic E-state index is 12.1. The van der Waals surface area contributed by atoms with Crippen LogP contribution in [0.5, 0.6) is 0 Å². The highest BCUT2D eigenvalue weighted by Gasteiger charge is 2.24. The molecule has 0 unspecified atom stereocenters. The van der Waals surface area contributed by atoms with Crippen LogP contribution in [-0.2, 0) is 32.7 Å². The van der Waals surface area contributed by atoms with Crippen molar-refractivity contribution in [3.05, 3.63) is 21.6 Å². The van der Waals surface area contributed by atoms with Crippen LogP contribution in [0.25, 0.3) is 0 Å². The molecule has 21 heavy (non-hydrogen) atoms. The van der Waals surface area contributed by atoms with Crippen LogP contribution >= 0.6 is 37.9 Å². The summed E-state index contributed by atoms with van der Waals surface area (Å²) in [6.45, 7) is -0.0724. The van der Waals surface area contributed by atoms with E-state index in [0.29, 0.717) is 4.88 Å². The zero-order valence-corrected chi connectivity index (χ0v) is 15.1. The van der Waals surface area contributed by atoms with Gasteiger partial charge >= 0.3 is 0 Å². The van der Waals surface area contributed by atoms with Gasteiger partial charge in [0.15, 0.2) is 4.60 Å². The van der Waals surface area contributed by atoms with Crippen LogP contribution in [0.2, 0.25) is 0 Å². The van der Waals surface area contributed by atoms with Gasteiger partial charge in [-0.1, -0.05) is 5.21 Å². The molecule has 1 N–H and O–H groups in total. The van der Waals surface area contributed by atoms with Gasteiger partial charge in [-0.15, -0.1) is 16.4 Å². The summed E-state index contributed by atoms with van der Waals surface area (Å²) in [5.74, 6) is 0. The molecule has 0 fully saturated rings. The summed E-state index contributed by atoms with van der Waals surface area (Å²) in [7, 11) is -1.01. The van der Waals surface area contributed by atoms with Gasteiger partial charge in [0.05, 0.1) is 0 Å². The van der Waals surface area contributed by atoms with Crippen LogP contribution in [-0.4, -0.2) is 31.8 Å². The third kappa shape index (κ3) is 3.81. The van der Waals surface area contributed by atoms with Gasteiger partial charge in [0, 0.05) is 29.2 Å². The number of halogens is 2. The highest BCUT2D eigenvalue weighted by atomic mass is 79.9. The van der Waals surface area contributed by atoms with Crippen molar-refractivity contribution >= 4 is 57.0 Å². The Labute approximate surface area is 137 Å². The molecule has 2 heterocycles. The average molecular weight is 436 g/mol. The molecule has 0 amide bonds. The lowest BCUT2D eigenvalue weighted by molar-refractivity contribution is 0.560. The van der Waals surface area contributed by atoms with E-state index in [4.69, 9.17) is 10.7 Å². The Balaban J connectivity index is 2.18. The van der Waals surface area contributed by atoms with E-state index < -0.39 is 19.1 Å². The number of aromatic nitrogens is 3. The molecule has 8 nitrogen and oxygen atoms in total. The van der Waals surface area contributed by atoms with Gasteiger partial charge in [0.25, 0.3) is 19.1 Å². The van der Waals surface area contributed by atoms with Crippen LogP contribution in [0.4, 0.5) is 0 Å². The van der Waals surface area contributed by atoms with Crippen molar-refractivity contribution < 1.29 is 16.8 Å². The van der Waals surface area contributed by atoms with E-state index in [1.165, 1.54) is 19.2 Å². The summed E-state index contributed by atoms with van der Waals surface area (Å²) < 4.78 is 50.0. The fraction of sp³-hybridized carbons (Fsp3) is 0.250. The number of rotatable bonds is 5. The molecule has 0 radical (unpaired) electrons. The molecule has 0 atom stereocenters. The van der Waals surface area contributed by atoms with Gasteiger partial charge < -0.3 is 0 Å². The van der Waals surface area contributed by atoms with E-state index in [2.05, 4.69) is 31.0 Å². The number of hydrogen-bond acceptors (Lipinski definition) is 7. The highest BCUT2D eigenvalue weighted by molar-refractivity contribution is 9.10. The minimum atomic E-state index is -3.84. The van der Waals surface area contributed by atoms with Crippen molar-refractivity contribution in [2.75, 3.05) is 0 Å². The van der Waals surface area contributed by atoms with E-state index in [-0.39, 0.29) is 20.4 Å². The molecule has 116 valence electrons. The predicted molar refractivity (Wildman–Crippen MR) is 80.1 cm³/mol. The first-order valence-corrected chi connectivity index (χ1v) is 10.6. The first-order valence-electron chi connectivity index (χ1n) is 5.19. The minimum Gasteiger partial charge on any atom is -0.235 e. The van der Waals surface area contributed by atoms with Crippen LogP contribution < -0.4 is 4.72 Å². The summed E-state index contributed by atoms with van der Waals surface area (Å²) >= 11 is 3.89. The third-order valence-electron chi connectivity index (χ3n) is 2.31. The quantitative estimate of drug-likeness (QED) is 0.703. The lowest BCUT2D eigenvalue weighted by Gasteiger charge is -2.05. The smallest absolute Gasteiger partial charge is 0.235 e. The van der Waals surface area contributed by atoms with Crippen molar-refractivity contribution in [2.45, 2.75) is 15.8 Å². The zero-order chi connectivity index (χ0) is 15.8. The van der Waals surface area contributed by atoms with Crippen LogP contribution in [0.15, 0.2) is 26.0 Å². The van der Waals surface area contributed by atoms with Gasteiger partial charge in [-0.25, -0.2) is 26.2 Å². The summed E-state index contributed by atoms with van der Waals surface area (Å²) in [6.07, 6.45) is 0. The number of nitrogens with zero attached hydrogens (tertiary/aromatic N) is 3. The fourth-order valence-corrected chi connectivity index (χ4v) is 5.68. The second-order valence-electron chi connectivity index (χ2n) is 3.79. The summed E-state index contributed by atoms with van der Waals surface area (Å²) in [5.41, 5.74) is 0. The highest BCUT2D eigenvalue weighted by Crippen LogP contribution is 2.25. The Morgan fingerprint density at radius 3 is 2.52 bits per heavy atom. The predicted octanol–water partition coefficient (Wildman–Crippen LogP) is 1.05. The van der Waals surface area contributed by atoms with Gasteiger partial charge in [0.2, 0.25) is 5.03 Å². The summed E-state index contributed by atoms with van der Waals surface area (Å²) in [6, 6.07) is 2.80.